The van der Waals surface area contributed by atoms with Gasteiger partial charge in [-0.2, -0.15) is 0 Å². The van der Waals surface area contributed by atoms with Crippen LogP contribution in [0.25, 0.3) is 0 Å². The Morgan fingerprint density at radius 1 is 1.50 bits per heavy atom. The predicted molar refractivity (Wildman–Crippen MR) is 51.9 cm³/mol. The fraction of sp³-hybridized carbons (Fsp3) is 0.455. The van der Waals surface area contributed by atoms with Crippen molar-refractivity contribution in [2.75, 3.05) is 0 Å². The van der Waals surface area contributed by atoms with Crippen molar-refractivity contribution in [1.82, 2.24) is 0 Å². The maximum Gasteiger partial charge on any atom is 0.0971 e. The third kappa shape index (κ3) is 2.67. The molecule has 1 N–H and O–H groups in total. The van der Waals surface area contributed by atoms with Crippen molar-refractivity contribution >= 4 is 0 Å². The van der Waals surface area contributed by atoms with Gasteiger partial charge in [0.2, 0.25) is 0 Å². The van der Waals surface area contributed by atoms with Crippen LogP contribution in [0.5, 0.6) is 0 Å². The number of unbranched alkanes of at least 4 members (excludes halogenated alkanes) is 2. The Hall–Kier alpha value is -0.820. The Morgan fingerprint density at radius 2 is 2.33 bits per heavy atom. The summed E-state index contributed by atoms with van der Waals surface area (Å²) in [5.41, 5.74) is 1.03. The topological polar surface area (TPSA) is 20.2 Å². The number of aliphatic hydroxyl groups excluding tert-OH is 1. The first kappa shape index (κ1) is 9.27. The molecular weight excluding hydrogens is 148 g/mol. The van der Waals surface area contributed by atoms with Gasteiger partial charge in [0.25, 0.3) is 0 Å². The molecular formula is C11H16O. The van der Waals surface area contributed by atoms with Crippen LogP contribution in [0.4, 0.5) is 0 Å². The molecule has 0 fully saturated rings. The highest BCUT2D eigenvalue weighted by Crippen LogP contribution is 2.12. The van der Waals surface area contributed by atoms with E-state index in [1.807, 2.05) is 18.2 Å². The first-order valence-corrected chi connectivity index (χ1v) is 4.57. The van der Waals surface area contributed by atoms with Crippen molar-refractivity contribution in [2.24, 2.45) is 0 Å². The lowest BCUT2D eigenvalue weighted by Crippen LogP contribution is -2.06. The third-order valence-electron chi connectivity index (χ3n) is 1.97. The van der Waals surface area contributed by atoms with Gasteiger partial charge in [0.1, 0.15) is 0 Å². The molecule has 0 saturated heterocycles. The highest BCUT2D eigenvalue weighted by atomic mass is 16.3. The van der Waals surface area contributed by atoms with Crippen molar-refractivity contribution in [3.05, 3.63) is 36.0 Å². The number of aliphatic hydroxyl groups is 1. The summed E-state index contributed by atoms with van der Waals surface area (Å²) in [6.07, 6.45) is 12.8. The molecule has 0 aliphatic heterocycles. The number of hydrogen-bond donors (Lipinski definition) is 1. The van der Waals surface area contributed by atoms with E-state index in [0.717, 1.165) is 12.0 Å². The average molecular weight is 164 g/mol. The Balaban J connectivity index is 2.45. The SMILES string of the molecule is CCCCC=C1C=CC=CC1O. The highest BCUT2D eigenvalue weighted by molar-refractivity contribution is 5.34. The van der Waals surface area contributed by atoms with Crippen LogP contribution in [0.2, 0.25) is 0 Å². The van der Waals surface area contributed by atoms with Crippen LogP contribution in [0, 0.1) is 0 Å². The summed E-state index contributed by atoms with van der Waals surface area (Å²) in [5, 5.41) is 9.46. The zero-order chi connectivity index (χ0) is 8.81. The van der Waals surface area contributed by atoms with Crippen molar-refractivity contribution in [1.29, 1.82) is 0 Å². The highest BCUT2D eigenvalue weighted by Gasteiger charge is 2.04. The minimum Gasteiger partial charge on any atom is -0.384 e. The standard InChI is InChI=1S/C11H16O/c1-2-3-4-7-10-8-5-6-9-11(10)12/h5-9,11-12H,2-4H2,1H3. The molecule has 1 nitrogen and oxygen atoms in total. The van der Waals surface area contributed by atoms with Gasteiger partial charge in [0.05, 0.1) is 6.10 Å². The second kappa shape index (κ2) is 4.94. The first-order chi connectivity index (χ1) is 5.84. The maximum absolute atomic E-state index is 9.46. The summed E-state index contributed by atoms with van der Waals surface area (Å²) in [5.74, 6) is 0. The van der Waals surface area contributed by atoms with Crippen LogP contribution in [0.3, 0.4) is 0 Å². The summed E-state index contributed by atoms with van der Waals surface area (Å²) >= 11 is 0. The van der Waals surface area contributed by atoms with Crippen LogP contribution in [0.15, 0.2) is 36.0 Å². The van der Waals surface area contributed by atoms with Gasteiger partial charge in [-0.1, -0.05) is 50.1 Å². The minimum atomic E-state index is -0.383. The summed E-state index contributed by atoms with van der Waals surface area (Å²) < 4.78 is 0. The van der Waals surface area contributed by atoms with Gasteiger partial charge < -0.3 is 5.11 Å². The van der Waals surface area contributed by atoms with Gasteiger partial charge in [0, 0.05) is 0 Å². The fourth-order valence-corrected chi connectivity index (χ4v) is 1.21. The Bertz CT molecular complexity index is 211. The molecule has 0 heterocycles. The van der Waals surface area contributed by atoms with E-state index in [2.05, 4.69) is 13.0 Å². The van der Waals surface area contributed by atoms with E-state index >= 15 is 0 Å². The molecule has 0 radical (unpaired) electrons. The van der Waals surface area contributed by atoms with Gasteiger partial charge >= 0.3 is 0 Å². The Morgan fingerprint density at radius 3 is 3.00 bits per heavy atom. The fourth-order valence-electron chi connectivity index (χ4n) is 1.21. The number of allylic oxidation sites excluding steroid dienone is 3. The second-order valence-electron chi connectivity index (χ2n) is 3.04. The smallest absolute Gasteiger partial charge is 0.0971 e. The molecule has 1 rings (SSSR count). The zero-order valence-corrected chi connectivity index (χ0v) is 7.53. The molecule has 0 saturated carbocycles. The molecule has 0 aromatic carbocycles. The van der Waals surface area contributed by atoms with E-state index in [1.54, 1.807) is 6.08 Å². The molecule has 1 unspecified atom stereocenters. The molecule has 0 amide bonds. The molecule has 1 atom stereocenters. The van der Waals surface area contributed by atoms with Crippen LogP contribution in [0.1, 0.15) is 26.2 Å². The van der Waals surface area contributed by atoms with E-state index in [0.29, 0.717) is 0 Å². The van der Waals surface area contributed by atoms with Gasteiger partial charge in [-0.05, 0) is 12.0 Å². The van der Waals surface area contributed by atoms with Crippen molar-refractivity contribution in [3.8, 4) is 0 Å². The predicted octanol–water partition coefficient (Wildman–Crippen LogP) is 2.59. The molecule has 12 heavy (non-hydrogen) atoms. The number of hydrogen-bond acceptors (Lipinski definition) is 1. The Kier molecular flexibility index (Phi) is 3.81. The normalized spacial score (nSPS) is 25.2. The van der Waals surface area contributed by atoms with Crippen LogP contribution in [-0.2, 0) is 0 Å². The molecule has 0 aromatic heterocycles. The first-order valence-electron chi connectivity index (χ1n) is 4.57. The minimum absolute atomic E-state index is 0.383. The summed E-state index contributed by atoms with van der Waals surface area (Å²) in [6, 6.07) is 0. The van der Waals surface area contributed by atoms with E-state index in [1.165, 1.54) is 12.8 Å². The average Bonchev–Trinajstić information content (AvgIpc) is 2.09. The Labute approximate surface area is 74.1 Å². The summed E-state index contributed by atoms with van der Waals surface area (Å²) in [6.45, 7) is 2.17. The molecule has 1 heteroatoms. The molecule has 1 aliphatic rings. The molecule has 0 aromatic rings. The van der Waals surface area contributed by atoms with Crippen LogP contribution >= 0.6 is 0 Å². The molecule has 66 valence electrons. The summed E-state index contributed by atoms with van der Waals surface area (Å²) in [4.78, 5) is 0. The van der Waals surface area contributed by atoms with Gasteiger partial charge in [0.15, 0.2) is 0 Å². The molecule has 0 spiro atoms. The number of rotatable bonds is 3. The van der Waals surface area contributed by atoms with E-state index in [-0.39, 0.29) is 6.10 Å². The van der Waals surface area contributed by atoms with Crippen LogP contribution in [-0.4, -0.2) is 11.2 Å². The van der Waals surface area contributed by atoms with E-state index in [9.17, 15) is 5.11 Å². The van der Waals surface area contributed by atoms with Gasteiger partial charge in [-0.3, -0.25) is 0 Å². The molecule has 1 aliphatic carbocycles. The monoisotopic (exact) mass is 164 g/mol. The van der Waals surface area contributed by atoms with Crippen molar-refractivity contribution < 1.29 is 5.11 Å². The van der Waals surface area contributed by atoms with E-state index in [4.69, 9.17) is 0 Å². The van der Waals surface area contributed by atoms with Crippen molar-refractivity contribution in [2.45, 2.75) is 32.3 Å². The lowest BCUT2D eigenvalue weighted by Gasteiger charge is -2.09. The lowest BCUT2D eigenvalue weighted by molar-refractivity contribution is 0.261. The maximum atomic E-state index is 9.46. The van der Waals surface area contributed by atoms with Crippen LogP contribution < -0.4 is 0 Å². The molecule has 0 bridgehead atoms. The lowest BCUT2D eigenvalue weighted by atomic mass is 10.0. The quantitative estimate of drug-likeness (QED) is 0.636. The second-order valence-corrected chi connectivity index (χ2v) is 3.04. The van der Waals surface area contributed by atoms with E-state index < -0.39 is 0 Å². The van der Waals surface area contributed by atoms with Gasteiger partial charge in [-0.15, -0.1) is 0 Å². The van der Waals surface area contributed by atoms with Crippen molar-refractivity contribution in [3.63, 3.8) is 0 Å². The largest absolute Gasteiger partial charge is 0.384 e. The van der Waals surface area contributed by atoms with Gasteiger partial charge in [-0.25, -0.2) is 0 Å². The summed E-state index contributed by atoms with van der Waals surface area (Å²) in [7, 11) is 0. The zero-order valence-electron chi connectivity index (χ0n) is 7.53. The third-order valence-corrected chi connectivity index (χ3v) is 1.97.